The Kier molecular flexibility index (Phi) is 4.84. The Morgan fingerprint density at radius 3 is 2.47 bits per heavy atom. The van der Waals surface area contributed by atoms with Gasteiger partial charge in [-0.2, -0.15) is 0 Å². The van der Waals surface area contributed by atoms with Crippen molar-refractivity contribution >= 4 is 49.0 Å². The van der Waals surface area contributed by atoms with Gasteiger partial charge in [-0.25, -0.2) is 0 Å². The first-order chi connectivity index (χ1) is 8.11. The van der Waals surface area contributed by atoms with Gasteiger partial charge < -0.3 is 0 Å². The number of thiophene rings is 1. The number of hydrogen-bond acceptors (Lipinski definition) is 2. The summed E-state index contributed by atoms with van der Waals surface area (Å²) in [7, 11) is 0. The van der Waals surface area contributed by atoms with Crippen LogP contribution in [0.2, 0.25) is 0 Å². The normalized spacial score (nSPS) is 24.9. The van der Waals surface area contributed by atoms with E-state index in [-0.39, 0.29) is 5.92 Å². The zero-order chi connectivity index (χ0) is 12.4. The second-order valence-electron chi connectivity index (χ2n) is 4.73. The summed E-state index contributed by atoms with van der Waals surface area (Å²) in [5.41, 5.74) is 0.863. The van der Waals surface area contributed by atoms with E-state index in [9.17, 15) is 4.79 Å². The molecule has 0 saturated heterocycles. The predicted molar refractivity (Wildman–Crippen MR) is 79.8 cm³/mol. The largest absolute Gasteiger partial charge is 0.294 e. The molecule has 17 heavy (non-hydrogen) atoms. The Morgan fingerprint density at radius 2 is 2.00 bits per heavy atom. The molecule has 4 heteroatoms. The third-order valence-corrected chi connectivity index (χ3v) is 6.06. The fourth-order valence-electron chi connectivity index (χ4n) is 2.56. The lowest BCUT2D eigenvalue weighted by molar-refractivity contribution is 0.0871. The van der Waals surface area contributed by atoms with Gasteiger partial charge >= 0.3 is 0 Å². The molecule has 1 aromatic rings. The molecule has 1 heterocycles. The number of ketones is 1. The Balaban J connectivity index is 2.04. The maximum atomic E-state index is 12.4. The van der Waals surface area contributed by atoms with Crippen LogP contribution >= 0.6 is 43.2 Å². The average Bonchev–Trinajstić information content (AvgIpc) is 2.68. The molecular weight excluding hydrogens is 364 g/mol. The molecule has 94 valence electrons. The summed E-state index contributed by atoms with van der Waals surface area (Å²) < 4.78 is 1.99. The maximum Gasteiger partial charge on any atom is 0.167 e. The molecule has 1 saturated carbocycles. The second-order valence-corrected chi connectivity index (χ2v) is 8.48. The fourth-order valence-corrected chi connectivity index (χ4v) is 5.38. The third-order valence-electron chi connectivity index (χ3n) is 3.72. The molecule has 1 aliphatic carbocycles. The highest BCUT2D eigenvalue weighted by Gasteiger charge is 2.28. The number of Topliss-reactive ketones (excluding diaryl/α,β-unsaturated/α-hetero) is 1. The van der Waals surface area contributed by atoms with Gasteiger partial charge in [0.05, 0.1) is 7.57 Å². The van der Waals surface area contributed by atoms with Gasteiger partial charge in [-0.3, -0.25) is 4.79 Å². The van der Waals surface area contributed by atoms with Gasteiger partial charge in [0.2, 0.25) is 0 Å². The number of carbonyl (C=O) groups is 1. The van der Waals surface area contributed by atoms with Crippen molar-refractivity contribution in [3.63, 3.8) is 0 Å². The Labute approximate surface area is 123 Å². The van der Waals surface area contributed by atoms with Gasteiger partial charge in [0.15, 0.2) is 5.78 Å². The maximum absolute atomic E-state index is 12.4. The van der Waals surface area contributed by atoms with Crippen LogP contribution in [0.4, 0.5) is 0 Å². The molecule has 0 bridgehead atoms. The summed E-state index contributed by atoms with van der Waals surface area (Å²) in [4.78, 5) is 12.4. The van der Waals surface area contributed by atoms with E-state index in [1.54, 1.807) is 11.3 Å². The molecule has 0 aromatic carbocycles. The van der Waals surface area contributed by atoms with Crippen LogP contribution in [0, 0.1) is 11.8 Å². The molecule has 2 rings (SSSR count). The van der Waals surface area contributed by atoms with E-state index in [0.717, 1.165) is 31.9 Å². The van der Waals surface area contributed by atoms with Gasteiger partial charge in [0.25, 0.3) is 0 Å². The van der Waals surface area contributed by atoms with Crippen molar-refractivity contribution in [1.29, 1.82) is 0 Å². The Morgan fingerprint density at radius 1 is 1.35 bits per heavy atom. The highest BCUT2D eigenvalue weighted by molar-refractivity contribution is 9.12. The smallest absolute Gasteiger partial charge is 0.167 e. The van der Waals surface area contributed by atoms with Crippen molar-refractivity contribution in [2.75, 3.05) is 0 Å². The van der Waals surface area contributed by atoms with Crippen LogP contribution in [0.3, 0.4) is 0 Å². The quantitative estimate of drug-likeness (QED) is 0.618. The van der Waals surface area contributed by atoms with Crippen LogP contribution in [-0.2, 0) is 0 Å². The summed E-state index contributed by atoms with van der Waals surface area (Å²) in [5.74, 6) is 1.42. The standard InChI is InChI=1S/C13H16Br2OS/c1-2-8-3-5-9(6-4-8)12(16)10-7-11(14)17-13(10)15/h7-9H,2-6H2,1H3. The lowest BCUT2D eigenvalue weighted by atomic mass is 9.78. The van der Waals surface area contributed by atoms with Gasteiger partial charge in [0.1, 0.15) is 0 Å². The number of rotatable bonds is 3. The van der Waals surface area contributed by atoms with Gasteiger partial charge in [-0.1, -0.05) is 13.3 Å². The Bertz CT molecular complexity index is 406. The molecule has 1 fully saturated rings. The SMILES string of the molecule is CCC1CCC(C(=O)c2cc(Br)sc2Br)CC1. The monoisotopic (exact) mass is 378 g/mol. The molecule has 0 unspecified atom stereocenters. The van der Waals surface area contributed by atoms with Crippen LogP contribution in [-0.4, -0.2) is 5.78 Å². The van der Waals surface area contributed by atoms with Crippen molar-refractivity contribution < 1.29 is 4.79 Å². The first-order valence-electron chi connectivity index (χ1n) is 6.10. The second kappa shape index (κ2) is 5.98. The summed E-state index contributed by atoms with van der Waals surface area (Å²) in [5, 5.41) is 0. The summed E-state index contributed by atoms with van der Waals surface area (Å²) in [6.07, 6.45) is 5.83. The predicted octanol–water partition coefficient (Wildman–Crippen LogP) is 5.67. The van der Waals surface area contributed by atoms with E-state index < -0.39 is 0 Å². The Hall–Kier alpha value is 0.330. The van der Waals surface area contributed by atoms with Crippen LogP contribution in [0.25, 0.3) is 0 Å². The summed E-state index contributed by atoms with van der Waals surface area (Å²) in [6.45, 7) is 2.25. The van der Waals surface area contributed by atoms with Crippen molar-refractivity contribution in [2.45, 2.75) is 39.0 Å². The molecule has 0 N–H and O–H groups in total. The minimum Gasteiger partial charge on any atom is -0.294 e. The molecule has 0 radical (unpaired) electrons. The molecule has 1 nitrogen and oxygen atoms in total. The van der Waals surface area contributed by atoms with E-state index in [1.807, 2.05) is 6.07 Å². The van der Waals surface area contributed by atoms with Crippen LogP contribution < -0.4 is 0 Å². The van der Waals surface area contributed by atoms with Gasteiger partial charge in [-0.05, 0) is 69.5 Å². The molecule has 0 aliphatic heterocycles. The van der Waals surface area contributed by atoms with Crippen molar-refractivity contribution in [1.82, 2.24) is 0 Å². The van der Waals surface area contributed by atoms with Crippen molar-refractivity contribution in [3.8, 4) is 0 Å². The van der Waals surface area contributed by atoms with Crippen molar-refractivity contribution in [3.05, 3.63) is 19.2 Å². The molecule has 0 atom stereocenters. The summed E-state index contributed by atoms with van der Waals surface area (Å²) in [6, 6.07) is 1.95. The minimum absolute atomic E-state index is 0.246. The van der Waals surface area contributed by atoms with Crippen LogP contribution in [0.15, 0.2) is 13.6 Å². The summed E-state index contributed by atoms with van der Waals surface area (Å²) >= 11 is 8.49. The molecule has 0 amide bonds. The first-order valence-corrected chi connectivity index (χ1v) is 8.51. The minimum atomic E-state index is 0.246. The molecule has 1 aromatic heterocycles. The van der Waals surface area contributed by atoms with E-state index >= 15 is 0 Å². The van der Waals surface area contributed by atoms with Crippen LogP contribution in [0.5, 0.6) is 0 Å². The number of carbonyl (C=O) groups excluding carboxylic acids is 1. The highest BCUT2D eigenvalue weighted by atomic mass is 79.9. The van der Waals surface area contributed by atoms with Gasteiger partial charge in [-0.15, -0.1) is 11.3 Å². The first kappa shape index (κ1) is 13.8. The fraction of sp³-hybridized carbons (Fsp3) is 0.615. The van der Waals surface area contributed by atoms with Gasteiger partial charge in [0, 0.05) is 11.5 Å². The van der Waals surface area contributed by atoms with E-state index in [0.29, 0.717) is 5.78 Å². The zero-order valence-corrected chi connectivity index (χ0v) is 13.8. The molecule has 1 aliphatic rings. The lowest BCUT2D eigenvalue weighted by Gasteiger charge is -2.26. The molecule has 0 spiro atoms. The average molecular weight is 380 g/mol. The lowest BCUT2D eigenvalue weighted by Crippen LogP contribution is -2.21. The topological polar surface area (TPSA) is 17.1 Å². The molecular formula is C13H16Br2OS. The highest BCUT2D eigenvalue weighted by Crippen LogP contribution is 2.37. The van der Waals surface area contributed by atoms with E-state index in [2.05, 4.69) is 38.8 Å². The third kappa shape index (κ3) is 3.21. The zero-order valence-electron chi connectivity index (χ0n) is 9.84. The van der Waals surface area contributed by atoms with E-state index in [4.69, 9.17) is 0 Å². The van der Waals surface area contributed by atoms with E-state index in [1.165, 1.54) is 19.3 Å². The van der Waals surface area contributed by atoms with Crippen molar-refractivity contribution in [2.24, 2.45) is 11.8 Å². The number of halogens is 2. The van der Waals surface area contributed by atoms with Crippen LogP contribution in [0.1, 0.15) is 49.4 Å². The number of hydrogen-bond donors (Lipinski definition) is 0.